The summed E-state index contributed by atoms with van der Waals surface area (Å²) in [4.78, 5) is 14.2. The number of nitrogens with zero attached hydrogens (tertiary/aromatic N) is 2. The Bertz CT molecular complexity index is 508. The van der Waals surface area contributed by atoms with Gasteiger partial charge in [-0.2, -0.15) is 5.10 Å². The molecule has 2 heterocycles. The van der Waals surface area contributed by atoms with Crippen LogP contribution in [0.15, 0.2) is 0 Å². The molecule has 0 bridgehead atoms. The van der Waals surface area contributed by atoms with Crippen LogP contribution < -0.4 is 5.32 Å². The van der Waals surface area contributed by atoms with Crippen molar-refractivity contribution in [2.75, 3.05) is 26.8 Å². The summed E-state index contributed by atoms with van der Waals surface area (Å²) < 4.78 is 5.41. The number of ether oxygens (including phenoxy) is 1. The third-order valence-corrected chi connectivity index (χ3v) is 4.62. The van der Waals surface area contributed by atoms with Crippen molar-refractivity contribution in [3.63, 3.8) is 0 Å². The number of morpholine rings is 1. The van der Waals surface area contributed by atoms with Gasteiger partial charge in [0.25, 0.3) is 0 Å². The number of aromatic nitrogens is 2. The number of rotatable bonds is 4. The van der Waals surface area contributed by atoms with Crippen LogP contribution in [-0.4, -0.2) is 53.9 Å². The van der Waals surface area contributed by atoms with E-state index in [0.717, 1.165) is 31.7 Å². The number of hydrogen-bond acceptors (Lipinski definition) is 4. The summed E-state index contributed by atoms with van der Waals surface area (Å²) in [7, 11) is 1.86. The number of nitrogens with one attached hydrogen (secondary N) is 2. The van der Waals surface area contributed by atoms with Crippen LogP contribution in [-0.2, 0) is 28.9 Å². The molecule has 3 rings (SSSR count). The lowest BCUT2D eigenvalue weighted by molar-refractivity contribution is -0.131. The third-order valence-electron chi connectivity index (χ3n) is 4.62. The Labute approximate surface area is 131 Å². The molecule has 2 aliphatic rings. The lowest BCUT2D eigenvalue weighted by atomic mass is 10.1. The normalized spacial score (nSPS) is 22.0. The van der Waals surface area contributed by atoms with Crippen LogP contribution in [0, 0.1) is 0 Å². The minimum Gasteiger partial charge on any atom is -0.378 e. The van der Waals surface area contributed by atoms with Crippen LogP contribution in [0.2, 0.25) is 0 Å². The van der Waals surface area contributed by atoms with Gasteiger partial charge in [0.05, 0.1) is 25.5 Å². The number of carbonyl (C=O) groups excluding carboxylic acids is 1. The Hall–Kier alpha value is -1.40. The molecule has 1 fully saturated rings. The van der Waals surface area contributed by atoms with Crippen molar-refractivity contribution in [2.24, 2.45) is 0 Å². The van der Waals surface area contributed by atoms with Gasteiger partial charge >= 0.3 is 0 Å². The van der Waals surface area contributed by atoms with Crippen LogP contribution in [0.25, 0.3) is 0 Å². The number of carbonyl (C=O) groups is 1. The van der Waals surface area contributed by atoms with E-state index in [1.807, 2.05) is 7.05 Å². The molecule has 2 N–H and O–H groups in total. The van der Waals surface area contributed by atoms with E-state index in [1.165, 1.54) is 30.5 Å². The zero-order valence-corrected chi connectivity index (χ0v) is 13.4. The summed E-state index contributed by atoms with van der Waals surface area (Å²) in [6.45, 7) is 2.78. The molecule has 0 radical (unpaired) electrons. The molecule has 6 nitrogen and oxygen atoms in total. The number of fused-ring (bicyclic) bond motifs is 1. The highest BCUT2D eigenvalue weighted by Gasteiger charge is 2.22. The monoisotopic (exact) mass is 306 g/mol. The molecular formula is C16H26N4O2. The maximum atomic E-state index is 12.4. The van der Waals surface area contributed by atoms with Crippen LogP contribution in [0.1, 0.15) is 42.6 Å². The maximum Gasteiger partial charge on any atom is 0.224 e. The fourth-order valence-corrected chi connectivity index (χ4v) is 3.29. The van der Waals surface area contributed by atoms with Crippen LogP contribution >= 0.6 is 0 Å². The van der Waals surface area contributed by atoms with E-state index in [9.17, 15) is 4.79 Å². The van der Waals surface area contributed by atoms with Crippen LogP contribution in [0.4, 0.5) is 0 Å². The summed E-state index contributed by atoms with van der Waals surface area (Å²) in [6.07, 6.45) is 6.40. The van der Waals surface area contributed by atoms with Crippen molar-refractivity contribution in [3.05, 3.63) is 17.0 Å². The van der Waals surface area contributed by atoms with Gasteiger partial charge < -0.3 is 15.0 Å². The van der Waals surface area contributed by atoms with Crippen LogP contribution in [0.3, 0.4) is 0 Å². The highest BCUT2D eigenvalue weighted by atomic mass is 16.5. The first-order valence-electron chi connectivity index (χ1n) is 8.34. The second-order valence-electron chi connectivity index (χ2n) is 6.37. The largest absolute Gasteiger partial charge is 0.378 e. The Morgan fingerprint density at radius 3 is 3.05 bits per heavy atom. The van der Waals surface area contributed by atoms with Gasteiger partial charge in [-0.1, -0.05) is 6.42 Å². The van der Waals surface area contributed by atoms with E-state index in [4.69, 9.17) is 4.74 Å². The molecule has 1 aromatic heterocycles. The quantitative estimate of drug-likeness (QED) is 0.815. The minimum absolute atomic E-state index is 0.139. The molecule has 1 amide bonds. The number of hydrogen-bond donors (Lipinski definition) is 2. The zero-order chi connectivity index (χ0) is 15.4. The van der Waals surface area contributed by atoms with Crippen molar-refractivity contribution in [3.8, 4) is 0 Å². The Kier molecular flexibility index (Phi) is 5.10. The van der Waals surface area contributed by atoms with Gasteiger partial charge in [-0.25, -0.2) is 0 Å². The maximum absolute atomic E-state index is 12.4. The average Bonchev–Trinajstić information content (AvgIpc) is 2.76. The summed E-state index contributed by atoms with van der Waals surface area (Å²) in [6, 6.07) is 0.139. The van der Waals surface area contributed by atoms with Crippen molar-refractivity contribution in [1.29, 1.82) is 0 Å². The summed E-state index contributed by atoms with van der Waals surface area (Å²) in [5, 5.41) is 10.9. The van der Waals surface area contributed by atoms with Crippen molar-refractivity contribution in [1.82, 2.24) is 20.4 Å². The number of amides is 1. The lowest BCUT2D eigenvalue weighted by Crippen LogP contribution is -2.44. The second-order valence-corrected chi connectivity index (χ2v) is 6.37. The van der Waals surface area contributed by atoms with Crippen molar-refractivity contribution in [2.45, 2.75) is 51.1 Å². The van der Waals surface area contributed by atoms with E-state index in [-0.39, 0.29) is 11.9 Å². The van der Waals surface area contributed by atoms with E-state index in [2.05, 4.69) is 15.5 Å². The molecule has 0 saturated carbocycles. The first-order chi connectivity index (χ1) is 10.7. The molecule has 0 aromatic carbocycles. The van der Waals surface area contributed by atoms with Gasteiger partial charge in [0.15, 0.2) is 0 Å². The molecular weight excluding hydrogens is 280 g/mol. The molecule has 122 valence electrons. The molecule has 6 heteroatoms. The third kappa shape index (κ3) is 3.67. The fourth-order valence-electron chi connectivity index (χ4n) is 3.29. The second kappa shape index (κ2) is 7.24. The van der Waals surface area contributed by atoms with Gasteiger partial charge in [-0.05, 0) is 31.2 Å². The molecule has 1 saturated heterocycles. The Balaban J connectivity index is 1.57. The average molecular weight is 306 g/mol. The fraction of sp³-hybridized carbons (Fsp3) is 0.750. The molecule has 1 aliphatic heterocycles. The predicted octanol–water partition coefficient (Wildman–Crippen LogP) is 1.02. The summed E-state index contributed by atoms with van der Waals surface area (Å²) >= 11 is 0. The van der Waals surface area contributed by atoms with E-state index in [1.54, 1.807) is 4.90 Å². The first kappa shape index (κ1) is 15.5. The first-order valence-corrected chi connectivity index (χ1v) is 8.34. The van der Waals surface area contributed by atoms with E-state index < -0.39 is 0 Å². The minimum atomic E-state index is 0.139. The molecule has 22 heavy (non-hydrogen) atoms. The van der Waals surface area contributed by atoms with Gasteiger partial charge in [0.2, 0.25) is 5.91 Å². The van der Waals surface area contributed by atoms with E-state index in [0.29, 0.717) is 19.6 Å². The van der Waals surface area contributed by atoms with Crippen molar-refractivity contribution >= 4 is 5.91 Å². The number of aryl methyl sites for hydroxylation is 1. The molecule has 0 spiro atoms. The highest BCUT2D eigenvalue weighted by molar-refractivity contribution is 5.76. The SMILES string of the molecule is CN(Cc1n[nH]c2c1CCCCC2)C(=O)CC1COCCN1. The lowest BCUT2D eigenvalue weighted by Gasteiger charge is -2.25. The Morgan fingerprint density at radius 2 is 2.23 bits per heavy atom. The zero-order valence-electron chi connectivity index (χ0n) is 13.4. The van der Waals surface area contributed by atoms with Gasteiger partial charge in [-0.15, -0.1) is 0 Å². The van der Waals surface area contributed by atoms with Gasteiger partial charge in [0, 0.05) is 31.7 Å². The summed E-state index contributed by atoms with van der Waals surface area (Å²) in [5.74, 6) is 0.147. The topological polar surface area (TPSA) is 70.2 Å². The van der Waals surface area contributed by atoms with Crippen LogP contribution in [0.5, 0.6) is 0 Å². The van der Waals surface area contributed by atoms with Crippen molar-refractivity contribution < 1.29 is 9.53 Å². The molecule has 1 atom stereocenters. The standard InChI is InChI=1S/C16H26N4O2/c1-20(16(21)9-12-11-22-8-7-17-12)10-15-13-5-3-2-4-6-14(13)18-19-15/h12,17H,2-11H2,1H3,(H,18,19). The van der Waals surface area contributed by atoms with Gasteiger partial charge in [-0.3, -0.25) is 9.89 Å². The van der Waals surface area contributed by atoms with E-state index >= 15 is 0 Å². The number of H-pyrrole nitrogens is 1. The number of aromatic amines is 1. The Morgan fingerprint density at radius 1 is 1.36 bits per heavy atom. The molecule has 1 aliphatic carbocycles. The smallest absolute Gasteiger partial charge is 0.224 e. The highest BCUT2D eigenvalue weighted by Crippen LogP contribution is 2.22. The van der Waals surface area contributed by atoms with Gasteiger partial charge in [0.1, 0.15) is 0 Å². The molecule has 1 aromatic rings. The summed E-state index contributed by atoms with van der Waals surface area (Å²) in [5.41, 5.74) is 3.66. The molecule has 1 unspecified atom stereocenters. The predicted molar refractivity (Wildman–Crippen MR) is 83.5 cm³/mol.